The summed E-state index contributed by atoms with van der Waals surface area (Å²) in [5.41, 5.74) is 0. The third-order valence-electron chi connectivity index (χ3n) is 2.37. The Morgan fingerprint density at radius 2 is 1.93 bits per heavy atom. The van der Waals surface area contributed by atoms with Crippen LogP contribution in [0.25, 0.3) is 0 Å². The minimum atomic E-state index is -1.01. The summed E-state index contributed by atoms with van der Waals surface area (Å²) in [6.07, 6.45) is 2.10. The maximum Gasteiger partial charge on any atom is 0.177 e. The van der Waals surface area contributed by atoms with Crippen LogP contribution in [0.15, 0.2) is 0 Å². The van der Waals surface area contributed by atoms with Crippen LogP contribution < -0.4 is 0 Å². The number of ketones is 1. The van der Waals surface area contributed by atoms with Gasteiger partial charge in [-0.1, -0.05) is 0 Å². The van der Waals surface area contributed by atoms with E-state index in [1.165, 1.54) is 0 Å². The van der Waals surface area contributed by atoms with Gasteiger partial charge in [0.2, 0.25) is 0 Å². The minimum Gasteiger partial charge on any atom is -0.381 e. The van der Waals surface area contributed by atoms with E-state index in [2.05, 4.69) is 0 Å². The average molecular weight is 220 g/mol. The molecule has 1 heterocycles. The van der Waals surface area contributed by atoms with Gasteiger partial charge in [0.15, 0.2) is 8.38 Å². The molecule has 0 radical (unpaired) electrons. The average Bonchev–Trinajstić information content (AvgIpc) is 2.26. The topological polar surface area (TPSA) is 44.8 Å². The SMILES string of the molecule is COP(CC(=O)C1CCOCC1)OC. The number of ether oxygens (including phenoxy) is 1. The summed E-state index contributed by atoms with van der Waals surface area (Å²) in [6, 6.07) is 0. The lowest BCUT2D eigenvalue weighted by Gasteiger charge is -2.22. The second kappa shape index (κ2) is 6.46. The maximum atomic E-state index is 11.7. The second-order valence-corrected chi connectivity index (χ2v) is 4.92. The quantitative estimate of drug-likeness (QED) is 0.660. The predicted octanol–water partition coefficient (Wildman–Crippen LogP) is 1.59. The van der Waals surface area contributed by atoms with Crippen molar-refractivity contribution in [1.82, 2.24) is 0 Å². The summed E-state index contributed by atoms with van der Waals surface area (Å²) in [5.74, 6) is 0.405. The van der Waals surface area contributed by atoms with Crippen molar-refractivity contribution >= 4 is 14.2 Å². The number of carbonyl (C=O) groups is 1. The first-order valence-electron chi connectivity index (χ1n) is 4.74. The highest BCUT2D eigenvalue weighted by Gasteiger charge is 2.24. The highest BCUT2D eigenvalue weighted by atomic mass is 31.2. The molecule has 0 aromatic heterocycles. The normalized spacial score (nSPS) is 18.8. The summed E-state index contributed by atoms with van der Waals surface area (Å²) in [6.45, 7) is 1.41. The lowest BCUT2D eigenvalue weighted by molar-refractivity contribution is -0.123. The Kier molecular flexibility index (Phi) is 5.56. The highest BCUT2D eigenvalue weighted by Crippen LogP contribution is 2.37. The van der Waals surface area contributed by atoms with Crippen LogP contribution >= 0.6 is 8.38 Å². The fourth-order valence-electron chi connectivity index (χ4n) is 1.48. The van der Waals surface area contributed by atoms with E-state index in [9.17, 15) is 4.79 Å². The largest absolute Gasteiger partial charge is 0.381 e. The molecule has 1 rings (SSSR count). The Hall–Kier alpha value is -0.0200. The molecule has 1 aliphatic heterocycles. The Morgan fingerprint density at radius 1 is 1.36 bits per heavy atom. The fourth-order valence-corrected chi connectivity index (χ4v) is 2.40. The maximum absolute atomic E-state index is 11.7. The monoisotopic (exact) mass is 220 g/mol. The van der Waals surface area contributed by atoms with E-state index in [-0.39, 0.29) is 11.7 Å². The molecule has 14 heavy (non-hydrogen) atoms. The molecule has 0 atom stereocenters. The van der Waals surface area contributed by atoms with Crippen molar-refractivity contribution in [3.05, 3.63) is 0 Å². The van der Waals surface area contributed by atoms with Gasteiger partial charge in [-0.05, 0) is 12.8 Å². The number of hydrogen-bond donors (Lipinski definition) is 0. The lowest BCUT2D eigenvalue weighted by Crippen LogP contribution is -2.25. The van der Waals surface area contributed by atoms with Crippen LogP contribution in [0.4, 0.5) is 0 Å². The molecule has 1 aliphatic rings. The van der Waals surface area contributed by atoms with Gasteiger partial charge in [0.05, 0.1) is 6.16 Å². The van der Waals surface area contributed by atoms with Crippen LogP contribution in [-0.4, -0.2) is 39.4 Å². The molecular weight excluding hydrogens is 203 g/mol. The molecule has 1 fully saturated rings. The predicted molar refractivity (Wildman–Crippen MR) is 54.4 cm³/mol. The summed E-state index contributed by atoms with van der Waals surface area (Å²) in [4.78, 5) is 11.7. The van der Waals surface area contributed by atoms with E-state index in [0.29, 0.717) is 19.4 Å². The van der Waals surface area contributed by atoms with Crippen LogP contribution in [0.3, 0.4) is 0 Å². The number of rotatable bonds is 5. The molecule has 5 heteroatoms. The molecule has 0 spiro atoms. The third-order valence-corrected chi connectivity index (χ3v) is 3.75. The Labute approximate surface area is 85.8 Å². The molecular formula is C9H17O4P. The van der Waals surface area contributed by atoms with Gasteiger partial charge >= 0.3 is 0 Å². The van der Waals surface area contributed by atoms with Gasteiger partial charge in [0, 0.05) is 33.4 Å². The van der Waals surface area contributed by atoms with E-state index in [1.807, 2.05) is 0 Å². The molecule has 0 aliphatic carbocycles. The molecule has 0 saturated carbocycles. The van der Waals surface area contributed by atoms with Crippen LogP contribution in [0.2, 0.25) is 0 Å². The fraction of sp³-hybridized carbons (Fsp3) is 0.889. The van der Waals surface area contributed by atoms with Gasteiger partial charge in [-0.25, -0.2) is 0 Å². The molecule has 0 bridgehead atoms. The van der Waals surface area contributed by atoms with E-state index < -0.39 is 8.38 Å². The van der Waals surface area contributed by atoms with Crippen molar-refractivity contribution in [3.8, 4) is 0 Å². The van der Waals surface area contributed by atoms with Gasteiger partial charge in [-0.2, -0.15) is 0 Å². The molecule has 0 unspecified atom stereocenters. The van der Waals surface area contributed by atoms with Crippen LogP contribution in [0.1, 0.15) is 12.8 Å². The molecule has 1 saturated heterocycles. The Balaban J connectivity index is 2.32. The minimum absolute atomic E-state index is 0.152. The van der Waals surface area contributed by atoms with Crippen LogP contribution in [0, 0.1) is 5.92 Å². The lowest BCUT2D eigenvalue weighted by atomic mass is 9.96. The van der Waals surface area contributed by atoms with Crippen molar-refractivity contribution in [3.63, 3.8) is 0 Å². The van der Waals surface area contributed by atoms with Gasteiger partial charge in [0.1, 0.15) is 5.78 Å². The van der Waals surface area contributed by atoms with Gasteiger partial charge < -0.3 is 13.8 Å². The summed E-state index contributed by atoms with van der Waals surface area (Å²) >= 11 is 0. The van der Waals surface area contributed by atoms with Crippen molar-refractivity contribution in [2.45, 2.75) is 12.8 Å². The first kappa shape index (κ1) is 12.1. The van der Waals surface area contributed by atoms with Crippen LogP contribution in [0.5, 0.6) is 0 Å². The van der Waals surface area contributed by atoms with E-state index >= 15 is 0 Å². The first-order valence-corrected chi connectivity index (χ1v) is 6.10. The van der Waals surface area contributed by atoms with Crippen molar-refractivity contribution < 1.29 is 18.6 Å². The highest BCUT2D eigenvalue weighted by molar-refractivity contribution is 7.48. The van der Waals surface area contributed by atoms with Crippen molar-refractivity contribution in [1.29, 1.82) is 0 Å². The molecule has 82 valence electrons. The number of hydrogen-bond acceptors (Lipinski definition) is 4. The van der Waals surface area contributed by atoms with Crippen molar-refractivity contribution in [2.75, 3.05) is 33.6 Å². The number of Topliss-reactive ketones (excluding diaryl/α,β-unsaturated/α-hetero) is 1. The summed E-state index contributed by atoms with van der Waals surface area (Å²) in [7, 11) is 2.14. The summed E-state index contributed by atoms with van der Waals surface area (Å²) in [5, 5.41) is 0. The molecule has 0 aromatic carbocycles. The van der Waals surface area contributed by atoms with Gasteiger partial charge in [-0.3, -0.25) is 4.79 Å². The zero-order valence-corrected chi connectivity index (χ0v) is 9.59. The van der Waals surface area contributed by atoms with Gasteiger partial charge in [-0.15, -0.1) is 0 Å². The van der Waals surface area contributed by atoms with Gasteiger partial charge in [0.25, 0.3) is 0 Å². The molecule has 0 amide bonds. The Bertz CT molecular complexity index is 176. The smallest absolute Gasteiger partial charge is 0.177 e. The van der Waals surface area contributed by atoms with E-state index in [4.69, 9.17) is 13.8 Å². The molecule has 0 N–H and O–H groups in total. The van der Waals surface area contributed by atoms with E-state index in [0.717, 1.165) is 12.8 Å². The van der Waals surface area contributed by atoms with Crippen LogP contribution in [-0.2, 0) is 18.6 Å². The first-order chi connectivity index (χ1) is 6.77. The molecule has 4 nitrogen and oxygen atoms in total. The zero-order chi connectivity index (χ0) is 10.4. The number of carbonyl (C=O) groups excluding carboxylic acids is 1. The zero-order valence-electron chi connectivity index (χ0n) is 8.69. The summed E-state index contributed by atoms with van der Waals surface area (Å²) < 4.78 is 15.3. The standard InChI is InChI=1S/C9H17O4P/c1-11-14(12-2)7-9(10)8-3-5-13-6-4-8/h8H,3-7H2,1-2H3. The second-order valence-electron chi connectivity index (χ2n) is 3.21. The Morgan fingerprint density at radius 3 is 2.43 bits per heavy atom. The third kappa shape index (κ3) is 3.62. The van der Waals surface area contributed by atoms with Crippen molar-refractivity contribution in [2.24, 2.45) is 5.92 Å². The van der Waals surface area contributed by atoms with E-state index in [1.54, 1.807) is 14.2 Å². The molecule has 0 aromatic rings.